The second kappa shape index (κ2) is 4.99. The summed E-state index contributed by atoms with van der Waals surface area (Å²) in [7, 11) is 4.61. The van der Waals surface area contributed by atoms with Gasteiger partial charge in [0, 0.05) is 21.3 Å². The molecule has 4 heteroatoms. The van der Waals surface area contributed by atoms with Crippen LogP contribution in [0.25, 0.3) is 0 Å². The Kier molecular flexibility index (Phi) is 4.89. The van der Waals surface area contributed by atoms with Crippen LogP contribution < -0.4 is 5.48 Å². The largest absolute Gasteiger partial charge is 0.332 e. The fourth-order valence-corrected chi connectivity index (χ4v) is 0.289. The molecular weight excluding hydrogens is 110 g/mol. The van der Waals surface area contributed by atoms with E-state index in [4.69, 9.17) is 0 Å². The molecule has 0 fully saturated rings. The summed E-state index contributed by atoms with van der Waals surface area (Å²) < 4.78 is 9.27. The van der Waals surface area contributed by atoms with Gasteiger partial charge in [-0.3, -0.25) is 0 Å². The molecule has 0 aromatic heterocycles. The Morgan fingerprint density at radius 1 is 1.25 bits per heavy atom. The Hall–Kier alpha value is -0.160. The van der Waals surface area contributed by atoms with Crippen LogP contribution in [0.5, 0.6) is 0 Å². The van der Waals surface area contributed by atoms with Gasteiger partial charge in [0.2, 0.25) is 0 Å². The molecule has 0 rings (SSSR count). The second-order valence-electron chi connectivity index (χ2n) is 1.08. The number of rotatable bonds is 4. The van der Waals surface area contributed by atoms with Gasteiger partial charge in [-0.1, -0.05) is 0 Å². The van der Waals surface area contributed by atoms with E-state index < -0.39 is 6.48 Å². The van der Waals surface area contributed by atoms with Crippen molar-refractivity contribution in [3.8, 4) is 0 Å². The zero-order valence-electron chi connectivity index (χ0n) is 5.30. The van der Waals surface area contributed by atoms with Crippen LogP contribution in [0, 0.1) is 0 Å². The quantitative estimate of drug-likeness (QED) is 0.410. The molecule has 1 N–H and O–H groups in total. The Labute approximate surface area is 48.7 Å². The lowest BCUT2D eigenvalue weighted by Crippen LogP contribution is -2.23. The minimum Gasteiger partial charge on any atom is -0.332 e. The molecule has 0 amide bonds. The third-order valence-corrected chi connectivity index (χ3v) is 0.599. The number of nitrogens with one attached hydrogen (secondary N) is 1. The summed E-state index contributed by atoms with van der Waals surface area (Å²) in [5.74, 6) is 0. The molecule has 0 aliphatic rings. The van der Waals surface area contributed by atoms with E-state index in [9.17, 15) is 0 Å². The molecule has 0 aromatic rings. The average molecular weight is 121 g/mol. The molecular formula is C4H11NO3. The fourth-order valence-electron chi connectivity index (χ4n) is 0.289. The van der Waals surface area contributed by atoms with E-state index in [0.717, 1.165) is 0 Å². The summed E-state index contributed by atoms with van der Waals surface area (Å²) >= 11 is 0. The summed E-state index contributed by atoms with van der Waals surface area (Å²) in [6.45, 7) is -0.611. The highest BCUT2D eigenvalue weighted by Crippen LogP contribution is 1.87. The molecule has 0 spiro atoms. The van der Waals surface area contributed by atoms with Gasteiger partial charge in [0.15, 0.2) is 0 Å². The lowest BCUT2D eigenvalue weighted by molar-refractivity contribution is -0.287. The minimum atomic E-state index is -0.611. The Bertz CT molecular complexity index is 46.5. The first-order valence-corrected chi connectivity index (χ1v) is 2.23. The molecule has 0 aromatic carbocycles. The lowest BCUT2D eigenvalue weighted by atomic mass is 11.2. The molecule has 0 atom stereocenters. The highest BCUT2D eigenvalue weighted by Gasteiger charge is 2.00. The molecule has 0 saturated heterocycles. The van der Waals surface area contributed by atoms with Crippen LogP contribution in [0.15, 0.2) is 0 Å². The van der Waals surface area contributed by atoms with Crippen molar-refractivity contribution in [1.29, 1.82) is 0 Å². The van der Waals surface area contributed by atoms with Crippen molar-refractivity contribution in [2.24, 2.45) is 0 Å². The van der Waals surface area contributed by atoms with Crippen LogP contribution in [0.1, 0.15) is 0 Å². The molecule has 0 radical (unpaired) electrons. The standard InChI is InChI=1S/C4H11NO3/c1-5-8-4(6-2)7-3/h4-5H,1-3H3. The van der Waals surface area contributed by atoms with Crippen molar-refractivity contribution in [3.63, 3.8) is 0 Å². The smallest absolute Gasteiger partial charge is 0.287 e. The molecule has 0 saturated carbocycles. The van der Waals surface area contributed by atoms with Crippen LogP contribution in [-0.2, 0) is 14.3 Å². The lowest BCUT2D eigenvalue weighted by Gasteiger charge is -2.10. The van der Waals surface area contributed by atoms with Gasteiger partial charge in [0.05, 0.1) is 0 Å². The van der Waals surface area contributed by atoms with E-state index in [1.165, 1.54) is 14.2 Å². The summed E-state index contributed by atoms with van der Waals surface area (Å²) in [5.41, 5.74) is 2.42. The first-order chi connectivity index (χ1) is 3.85. The normalized spacial score (nSPS) is 10.5. The van der Waals surface area contributed by atoms with Crippen LogP contribution in [0.4, 0.5) is 0 Å². The van der Waals surface area contributed by atoms with Crippen molar-refractivity contribution in [1.82, 2.24) is 5.48 Å². The monoisotopic (exact) mass is 121 g/mol. The highest BCUT2D eigenvalue weighted by molar-refractivity contribution is 4.09. The van der Waals surface area contributed by atoms with E-state index >= 15 is 0 Å². The maximum Gasteiger partial charge on any atom is 0.287 e. The average Bonchev–Trinajstić information content (AvgIpc) is 1.83. The van der Waals surface area contributed by atoms with E-state index in [-0.39, 0.29) is 0 Å². The maximum atomic E-state index is 4.65. The zero-order chi connectivity index (χ0) is 6.41. The van der Waals surface area contributed by atoms with E-state index in [1.807, 2.05) is 0 Å². The summed E-state index contributed by atoms with van der Waals surface area (Å²) in [4.78, 5) is 4.65. The number of hydrogen-bond donors (Lipinski definition) is 1. The maximum absolute atomic E-state index is 4.65. The topological polar surface area (TPSA) is 39.7 Å². The predicted molar refractivity (Wildman–Crippen MR) is 28.0 cm³/mol. The van der Waals surface area contributed by atoms with Crippen molar-refractivity contribution < 1.29 is 14.3 Å². The molecule has 50 valence electrons. The molecule has 0 aliphatic carbocycles. The third-order valence-electron chi connectivity index (χ3n) is 0.599. The zero-order valence-corrected chi connectivity index (χ0v) is 5.30. The van der Waals surface area contributed by atoms with E-state index in [1.54, 1.807) is 7.05 Å². The SMILES string of the molecule is CNOC(OC)OC. The van der Waals surface area contributed by atoms with Gasteiger partial charge in [-0.15, -0.1) is 0 Å². The number of hydrogen-bond acceptors (Lipinski definition) is 4. The second-order valence-corrected chi connectivity index (χ2v) is 1.08. The molecule has 0 aliphatic heterocycles. The third kappa shape index (κ3) is 2.92. The van der Waals surface area contributed by atoms with Crippen molar-refractivity contribution >= 4 is 0 Å². The molecule has 4 nitrogen and oxygen atoms in total. The highest BCUT2D eigenvalue weighted by atomic mass is 16.9. The van der Waals surface area contributed by atoms with Crippen LogP contribution in [0.2, 0.25) is 0 Å². The number of ether oxygens (including phenoxy) is 2. The van der Waals surface area contributed by atoms with Crippen LogP contribution >= 0.6 is 0 Å². The predicted octanol–water partition coefficient (Wildman–Crippen LogP) is -0.286. The Morgan fingerprint density at radius 3 is 1.88 bits per heavy atom. The van der Waals surface area contributed by atoms with E-state index in [2.05, 4.69) is 19.8 Å². The minimum absolute atomic E-state index is 0.611. The van der Waals surface area contributed by atoms with Crippen LogP contribution in [0.3, 0.4) is 0 Å². The molecule has 0 bridgehead atoms. The van der Waals surface area contributed by atoms with Crippen LogP contribution in [-0.4, -0.2) is 27.7 Å². The summed E-state index contributed by atoms with van der Waals surface area (Å²) in [6, 6.07) is 0. The van der Waals surface area contributed by atoms with Gasteiger partial charge in [-0.05, 0) is 0 Å². The van der Waals surface area contributed by atoms with Gasteiger partial charge >= 0.3 is 0 Å². The van der Waals surface area contributed by atoms with Crippen molar-refractivity contribution in [2.75, 3.05) is 21.3 Å². The Morgan fingerprint density at radius 2 is 1.75 bits per heavy atom. The summed E-state index contributed by atoms with van der Waals surface area (Å²) in [6.07, 6.45) is 0. The molecule has 0 heterocycles. The molecule has 8 heavy (non-hydrogen) atoms. The Balaban J connectivity index is 3.07. The first-order valence-electron chi connectivity index (χ1n) is 2.23. The van der Waals surface area contributed by atoms with Gasteiger partial charge in [-0.25, -0.2) is 10.3 Å². The van der Waals surface area contributed by atoms with Gasteiger partial charge in [-0.2, -0.15) is 0 Å². The number of hydroxylamine groups is 1. The van der Waals surface area contributed by atoms with Gasteiger partial charge < -0.3 is 9.47 Å². The van der Waals surface area contributed by atoms with E-state index in [0.29, 0.717) is 0 Å². The van der Waals surface area contributed by atoms with Gasteiger partial charge in [0.25, 0.3) is 6.48 Å². The van der Waals surface area contributed by atoms with Gasteiger partial charge in [0.1, 0.15) is 0 Å². The summed E-state index contributed by atoms with van der Waals surface area (Å²) in [5, 5.41) is 0. The fraction of sp³-hybridized carbons (Fsp3) is 1.00. The molecule has 0 unspecified atom stereocenters. The van der Waals surface area contributed by atoms with Crippen molar-refractivity contribution in [2.45, 2.75) is 6.48 Å². The first kappa shape index (κ1) is 7.84. The van der Waals surface area contributed by atoms with Crippen molar-refractivity contribution in [3.05, 3.63) is 0 Å². The number of methoxy groups -OCH3 is 2.